The van der Waals surface area contributed by atoms with Crippen molar-refractivity contribution in [2.45, 2.75) is 38.1 Å². The summed E-state index contributed by atoms with van der Waals surface area (Å²) in [7, 11) is 1.86. The zero-order valence-corrected chi connectivity index (χ0v) is 10.2. The van der Waals surface area contributed by atoms with Gasteiger partial charge in [-0.3, -0.25) is 9.48 Å². The van der Waals surface area contributed by atoms with E-state index in [9.17, 15) is 4.79 Å². The number of carbonyl (C=O) groups excluding carboxylic acids is 1. The van der Waals surface area contributed by atoms with Crippen LogP contribution in [-0.4, -0.2) is 21.7 Å². The van der Waals surface area contributed by atoms with Crippen LogP contribution in [0, 0.1) is 0 Å². The fourth-order valence-corrected chi connectivity index (χ4v) is 2.19. The lowest BCUT2D eigenvalue weighted by Gasteiger charge is -2.21. The van der Waals surface area contributed by atoms with Crippen LogP contribution < -0.4 is 5.32 Å². The molecule has 1 heterocycles. The molecule has 1 aromatic heterocycles. The number of hydrogen-bond donors (Lipinski definition) is 1. The van der Waals surface area contributed by atoms with Gasteiger partial charge in [0.05, 0.1) is 6.20 Å². The van der Waals surface area contributed by atoms with E-state index >= 15 is 0 Å². The Kier molecular flexibility index (Phi) is 3.96. The molecule has 0 spiro atoms. The number of carbonyl (C=O) groups is 1. The van der Waals surface area contributed by atoms with Crippen molar-refractivity contribution in [2.24, 2.45) is 7.05 Å². The molecule has 1 aromatic rings. The van der Waals surface area contributed by atoms with Crippen LogP contribution in [0.2, 0.25) is 0 Å². The van der Waals surface area contributed by atoms with Crippen molar-refractivity contribution in [3.05, 3.63) is 24.0 Å². The molecule has 0 bridgehead atoms. The quantitative estimate of drug-likeness (QED) is 0.810. The summed E-state index contributed by atoms with van der Waals surface area (Å²) in [4.78, 5) is 11.7. The number of aromatic nitrogens is 2. The van der Waals surface area contributed by atoms with Gasteiger partial charge in [0.15, 0.2) is 0 Å². The molecule has 1 fully saturated rings. The highest BCUT2D eigenvalue weighted by Gasteiger charge is 2.13. The monoisotopic (exact) mass is 233 g/mol. The maximum Gasteiger partial charge on any atom is 0.244 e. The van der Waals surface area contributed by atoms with Crippen LogP contribution in [0.15, 0.2) is 18.5 Å². The van der Waals surface area contributed by atoms with Gasteiger partial charge in [0.25, 0.3) is 0 Å². The van der Waals surface area contributed by atoms with Gasteiger partial charge in [0, 0.05) is 30.9 Å². The number of rotatable bonds is 3. The van der Waals surface area contributed by atoms with Crippen molar-refractivity contribution in [1.29, 1.82) is 0 Å². The third-order valence-electron chi connectivity index (χ3n) is 3.10. The fourth-order valence-electron chi connectivity index (χ4n) is 2.19. The Bertz CT molecular complexity index is 403. The van der Waals surface area contributed by atoms with Gasteiger partial charge in [-0.05, 0) is 18.9 Å². The number of aryl methyl sites for hydroxylation is 1. The summed E-state index contributed by atoms with van der Waals surface area (Å²) in [5, 5.41) is 7.09. The van der Waals surface area contributed by atoms with Gasteiger partial charge >= 0.3 is 0 Å². The van der Waals surface area contributed by atoms with E-state index in [1.165, 1.54) is 19.3 Å². The van der Waals surface area contributed by atoms with E-state index in [0.717, 1.165) is 18.4 Å². The van der Waals surface area contributed by atoms with Crippen LogP contribution in [0.25, 0.3) is 6.08 Å². The van der Waals surface area contributed by atoms with E-state index < -0.39 is 0 Å². The molecule has 0 atom stereocenters. The van der Waals surface area contributed by atoms with Crippen LogP contribution in [0.5, 0.6) is 0 Å². The van der Waals surface area contributed by atoms with E-state index in [1.807, 2.05) is 13.2 Å². The van der Waals surface area contributed by atoms with Crippen molar-refractivity contribution >= 4 is 12.0 Å². The van der Waals surface area contributed by atoms with Crippen LogP contribution in [-0.2, 0) is 11.8 Å². The van der Waals surface area contributed by atoms with Crippen LogP contribution in [0.1, 0.15) is 37.7 Å². The Balaban J connectivity index is 1.82. The van der Waals surface area contributed by atoms with Crippen molar-refractivity contribution < 1.29 is 4.79 Å². The van der Waals surface area contributed by atoms with Gasteiger partial charge in [0.1, 0.15) is 0 Å². The highest BCUT2D eigenvalue weighted by atomic mass is 16.1. The molecule has 0 aliphatic heterocycles. The summed E-state index contributed by atoms with van der Waals surface area (Å²) >= 11 is 0. The lowest BCUT2D eigenvalue weighted by molar-refractivity contribution is -0.117. The lowest BCUT2D eigenvalue weighted by Crippen LogP contribution is -2.34. The second-order valence-corrected chi connectivity index (χ2v) is 4.62. The summed E-state index contributed by atoms with van der Waals surface area (Å²) in [6.45, 7) is 0. The van der Waals surface area contributed by atoms with Crippen LogP contribution in [0.4, 0.5) is 0 Å². The zero-order chi connectivity index (χ0) is 12.1. The molecule has 17 heavy (non-hydrogen) atoms. The summed E-state index contributed by atoms with van der Waals surface area (Å²) in [6.07, 6.45) is 13.0. The van der Waals surface area contributed by atoms with E-state index in [4.69, 9.17) is 0 Å². The minimum absolute atomic E-state index is 0.000697. The topological polar surface area (TPSA) is 46.9 Å². The molecule has 1 amide bonds. The first-order valence-corrected chi connectivity index (χ1v) is 6.21. The second-order valence-electron chi connectivity index (χ2n) is 4.62. The lowest BCUT2D eigenvalue weighted by atomic mass is 9.95. The summed E-state index contributed by atoms with van der Waals surface area (Å²) < 4.78 is 1.72. The first-order chi connectivity index (χ1) is 8.24. The maximum absolute atomic E-state index is 11.7. The zero-order valence-electron chi connectivity index (χ0n) is 10.2. The number of amides is 1. The van der Waals surface area contributed by atoms with E-state index in [0.29, 0.717) is 6.04 Å². The summed E-state index contributed by atoms with van der Waals surface area (Å²) in [6, 6.07) is 0.370. The molecule has 0 saturated heterocycles. The molecular weight excluding hydrogens is 214 g/mol. The molecule has 1 N–H and O–H groups in total. The molecule has 2 rings (SSSR count). The Hall–Kier alpha value is -1.58. The second kappa shape index (κ2) is 5.66. The van der Waals surface area contributed by atoms with Crippen molar-refractivity contribution in [1.82, 2.24) is 15.1 Å². The SMILES string of the molecule is Cn1cc(C=CC(=O)NC2CCCCC2)cn1. The fraction of sp³-hybridized carbons (Fsp3) is 0.538. The highest BCUT2D eigenvalue weighted by Crippen LogP contribution is 2.17. The van der Waals surface area contributed by atoms with Gasteiger partial charge < -0.3 is 5.32 Å². The van der Waals surface area contributed by atoms with E-state index in [1.54, 1.807) is 23.0 Å². The third kappa shape index (κ3) is 3.73. The van der Waals surface area contributed by atoms with Gasteiger partial charge in [-0.15, -0.1) is 0 Å². The molecular formula is C13H19N3O. The summed E-state index contributed by atoms with van der Waals surface area (Å²) in [5.41, 5.74) is 0.950. The van der Waals surface area contributed by atoms with Crippen LogP contribution in [0.3, 0.4) is 0 Å². The van der Waals surface area contributed by atoms with E-state index in [2.05, 4.69) is 10.4 Å². The van der Waals surface area contributed by atoms with Gasteiger partial charge in [-0.25, -0.2) is 0 Å². The Morgan fingerprint density at radius 1 is 1.47 bits per heavy atom. The third-order valence-corrected chi connectivity index (χ3v) is 3.10. The highest BCUT2D eigenvalue weighted by molar-refractivity contribution is 5.91. The smallest absolute Gasteiger partial charge is 0.244 e. The molecule has 1 aliphatic carbocycles. The van der Waals surface area contributed by atoms with Gasteiger partial charge in [-0.1, -0.05) is 19.3 Å². The first kappa shape index (κ1) is 11.9. The van der Waals surface area contributed by atoms with Crippen molar-refractivity contribution in [2.75, 3.05) is 0 Å². The standard InChI is InChI=1S/C13H19N3O/c1-16-10-11(9-14-16)7-8-13(17)15-12-5-3-2-4-6-12/h7-10,12H,2-6H2,1H3,(H,15,17). The Morgan fingerprint density at radius 3 is 2.88 bits per heavy atom. The minimum atomic E-state index is 0.000697. The molecule has 1 aliphatic rings. The molecule has 0 aromatic carbocycles. The Morgan fingerprint density at radius 2 is 2.24 bits per heavy atom. The van der Waals surface area contributed by atoms with E-state index in [-0.39, 0.29) is 5.91 Å². The van der Waals surface area contributed by atoms with Crippen LogP contribution >= 0.6 is 0 Å². The predicted octanol–water partition coefficient (Wildman–Crippen LogP) is 1.88. The molecule has 0 unspecified atom stereocenters. The normalized spacial score (nSPS) is 17.5. The Labute approximate surface area is 102 Å². The molecule has 0 radical (unpaired) electrons. The predicted molar refractivity (Wildman–Crippen MR) is 67.3 cm³/mol. The molecule has 4 nitrogen and oxygen atoms in total. The summed E-state index contributed by atoms with van der Waals surface area (Å²) in [5.74, 6) is 0.000697. The number of nitrogens with one attached hydrogen (secondary N) is 1. The average Bonchev–Trinajstić information content (AvgIpc) is 2.74. The van der Waals surface area contributed by atoms with Gasteiger partial charge in [-0.2, -0.15) is 5.10 Å². The molecule has 4 heteroatoms. The first-order valence-electron chi connectivity index (χ1n) is 6.21. The van der Waals surface area contributed by atoms with Gasteiger partial charge in [0.2, 0.25) is 5.91 Å². The largest absolute Gasteiger partial charge is 0.350 e. The molecule has 92 valence electrons. The minimum Gasteiger partial charge on any atom is -0.350 e. The van der Waals surface area contributed by atoms with Crippen molar-refractivity contribution in [3.63, 3.8) is 0 Å². The number of hydrogen-bond acceptors (Lipinski definition) is 2. The maximum atomic E-state index is 11.7. The van der Waals surface area contributed by atoms with Crippen molar-refractivity contribution in [3.8, 4) is 0 Å². The number of nitrogens with zero attached hydrogens (tertiary/aromatic N) is 2. The average molecular weight is 233 g/mol. The molecule has 1 saturated carbocycles.